The maximum absolute atomic E-state index is 14.0. The molecule has 1 saturated carbocycles. The van der Waals surface area contributed by atoms with E-state index in [1.165, 1.54) is 10.7 Å². The Morgan fingerprint density at radius 3 is 2.39 bits per heavy atom. The molecule has 0 N–H and O–H groups in total. The number of aryl methyl sites for hydroxylation is 1. The van der Waals surface area contributed by atoms with E-state index in [2.05, 4.69) is 9.88 Å². The Morgan fingerprint density at radius 1 is 1.06 bits per heavy atom. The van der Waals surface area contributed by atoms with Gasteiger partial charge in [-0.25, -0.2) is 13.4 Å². The van der Waals surface area contributed by atoms with Crippen LogP contribution in [0.3, 0.4) is 0 Å². The zero-order chi connectivity index (χ0) is 23.8. The number of morpholine rings is 1. The van der Waals surface area contributed by atoms with Crippen molar-refractivity contribution < 1.29 is 17.9 Å². The average Bonchev–Trinajstić information content (AvgIpc) is 3.29. The second-order valence-electron chi connectivity index (χ2n) is 9.93. The van der Waals surface area contributed by atoms with Gasteiger partial charge >= 0.3 is 0 Å². The lowest BCUT2D eigenvalue weighted by atomic mass is 9.94. The Hall–Kier alpha value is -1.71. The van der Waals surface area contributed by atoms with Gasteiger partial charge in [0.2, 0.25) is 15.9 Å². The van der Waals surface area contributed by atoms with Crippen molar-refractivity contribution in [3.63, 3.8) is 0 Å². The molecule has 33 heavy (non-hydrogen) atoms. The van der Waals surface area contributed by atoms with Crippen LogP contribution in [-0.4, -0.2) is 79.5 Å². The number of amides is 1. The molecule has 3 atom stereocenters. The molecule has 0 unspecified atom stereocenters. The standard InChI is InChI=1S/C24H38N4O4S/c1-17-12-13-22(23(25-17)28-18(2)15-32-16-19(28)3)33(30,31)27-14-8-11-21(27)24(29)26(4)20-9-6-5-7-10-20/h12-13,18-21H,5-11,14-16H2,1-4H3/t18-,19-,21-/m0/s1. The molecule has 8 nitrogen and oxygen atoms in total. The molecule has 0 spiro atoms. The molecule has 3 fully saturated rings. The van der Waals surface area contributed by atoms with E-state index in [0.717, 1.165) is 31.4 Å². The lowest BCUT2D eigenvalue weighted by Crippen LogP contribution is -2.52. The van der Waals surface area contributed by atoms with Crippen LogP contribution in [0.15, 0.2) is 17.0 Å². The fourth-order valence-corrected chi connectivity index (χ4v) is 7.40. The number of sulfonamides is 1. The van der Waals surface area contributed by atoms with Crippen molar-refractivity contribution in [3.05, 3.63) is 17.8 Å². The fraction of sp³-hybridized carbons (Fsp3) is 0.750. The van der Waals surface area contributed by atoms with Crippen molar-refractivity contribution in [3.8, 4) is 0 Å². The maximum Gasteiger partial charge on any atom is 0.247 e. The molecule has 1 aromatic heterocycles. The topological polar surface area (TPSA) is 83.1 Å². The van der Waals surface area contributed by atoms with Crippen LogP contribution < -0.4 is 4.90 Å². The first-order valence-corrected chi connectivity index (χ1v) is 13.8. The summed E-state index contributed by atoms with van der Waals surface area (Å²) < 4.78 is 35.1. The van der Waals surface area contributed by atoms with E-state index in [1.54, 1.807) is 12.1 Å². The summed E-state index contributed by atoms with van der Waals surface area (Å²) in [4.78, 5) is 22.2. The smallest absolute Gasteiger partial charge is 0.247 e. The van der Waals surface area contributed by atoms with E-state index in [4.69, 9.17) is 4.74 Å². The van der Waals surface area contributed by atoms with Crippen LogP contribution in [0.25, 0.3) is 0 Å². The van der Waals surface area contributed by atoms with Gasteiger partial charge in [0.15, 0.2) is 0 Å². The number of nitrogens with zero attached hydrogens (tertiary/aromatic N) is 4. The van der Waals surface area contributed by atoms with Crippen molar-refractivity contribution in [1.29, 1.82) is 0 Å². The Morgan fingerprint density at radius 2 is 1.73 bits per heavy atom. The largest absolute Gasteiger partial charge is 0.377 e. The monoisotopic (exact) mass is 478 g/mol. The molecule has 4 rings (SSSR count). The highest BCUT2D eigenvalue weighted by Crippen LogP contribution is 2.35. The van der Waals surface area contributed by atoms with Gasteiger partial charge in [0.25, 0.3) is 0 Å². The van der Waals surface area contributed by atoms with Crippen LogP contribution in [0, 0.1) is 6.92 Å². The van der Waals surface area contributed by atoms with Gasteiger partial charge in [0, 0.05) is 25.3 Å². The number of hydrogen-bond donors (Lipinski definition) is 0. The third kappa shape index (κ3) is 4.77. The zero-order valence-corrected chi connectivity index (χ0v) is 21.2. The van der Waals surface area contributed by atoms with Crippen LogP contribution in [0.1, 0.15) is 64.5 Å². The van der Waals surface area contributed by atoms with Crippen LogP contribution >= 0.6 is 0 Å². The Bertz CT molecular complexity index is 953. The minimum absolute atomic E-state index is 0.00504. The number of pyridine rings is 1. The van der Waals surface area contributed by atoms with E-state index in [0.29, 0.717) is 38.4 Å². The predicted octanol–water partition coefficient (Wildman–Crippen LogP) is 2.95. The number of carbonyl (C=O) groups excluding carboxylic acids is 1. The molecule has 9 heteroatoms. The highest BCUT2D eigenvalue weighted by Gasteiger charge is 2.43. The van der Waals surface area contributed by atoms with Crippen molar-refractivity contribution in [2.45, 2.75) is 94.8 Å². The summed E-state index contributed by atoms with van der Waals surface area (Å²) in [5, 5.41) is 0. The van der Waals surface area contributed by atoms with Crippen LogP contribution in [0.2, 0.25) is 0 Å². The van der Waals surface area contributed by atoms with E-state index >= 15 is 0 Å². The van der Waals surface area contributed by atoms with E-state index in [1.807, 2.05) is 32.7 Å². The van der Waals surface area contributed by atoms with Crippen LogP contribution in [0.4, 0.5) is 5.82 Å². The molecule has 0 bridgehead atoms. The van der Waals surface area contributed by atoms with Gasteiger partial charge in [-0.1, -0.05) is 19.3 Å². The summed E-state index contributed by atoms with van der Waals surface area (Å²) in [6, 6.07) is 2.98. The number of rotatable bonds is 5. The summed E-state index contributed by atoms with van der Waals surface area (Å²) in [7, 11) is -2.06. The molecule has 184 valence electrons. The third-order valence-corrected chi connectivity index (χ3v) is 9.37. The van der Waals surface area contributed by atoms with Gasteiger partial charge in [-0.15, -0.1) is 0 Å². The van der Waals surface area contributed by atoms with Gasteiger partial charge in [-0.3, -0.25) is 4.79 Å². The molecule has 0 radical (unpaired) electrons. The molecule has 1 aromatic rings. The second kappa shape index (κ2) is 9.88. The lowest BCUT2D eigenvalue weighted by molar-refractivity contribution is -0.136. The Labute approximate surface area is 198 Å². The highest BCUT2D eigenvalue weighted by molar-refractivity contribution is 7.89. The van der Waals surface area contributed by atoms with E-state index in [9.17, 15) is 13.2 Å². The SMILES string of the molecule is Cc1ccc(S(=O)(=O)N2CCC[C@H]2C(=O)N(C)C2CCCCC2)c(N2[C@@H](C)COC[C@@H]2C)n1. The summed E-state index contributed by atoms with van der Waals surface area (Å²) in [6.07, 6.45) is 6.72. The average molecular weight is 479 g/mol. The van der Waals surface area contributed by atoms with Crippen molar-refractivity contribution in [2.75, 3.05) is 31.7 Å². The quantitative estimate of drug-likeness (QED) is 0.647. The van der Waals surface area contributed by atoms with Gasteiger partial charge in [0.1, 0.15) is 16.8 Å². The number of likely N-dealkylation sites (N-methyl/N-ethyl adjacent to an activating group) is 1. The number of aromatic nitrogens is 1. The molecule has 3 heterocycles. The number of ether oxygens (including phenoxy) is 1. The number of carbonyl (C=O) groups is 1. The van der Waals surface area contributed by atoms with E-state index < -0.39 is 16.1 Å². The molecule has 0 aromatic carbocycles. The summed E-state index contributed by atoms with van der Waals surface area (Å²) in [6.45, 7) is 7.33. The molecule has 1 aliphatic carbocycles. The summed E-state index contributed by atoms with van der Waals surface area (Å²) >= 11 is 0. The first-order chi connectivity index (χ1) is 15.7. The van der Waals surface area contributed by atoms with Crippen LogP contribution in [-0.2, 0) is 19.6 Å². The van der Waals surface area contributed by atoms with Crippen LogP contribution in [0.5, 0.6) is 0 Å². The highest BCUT2D eigenvalue weighted by atomic mass is 32.2. The maximum atomic E-state index is 14.0. The van der Waals surface area contributed by atoms with Crippen molar-refractivity contribution >= 4 is 21.7 Å². The predicted molar refractivity (Wildman–Crippen MR) is 128 cm³/mol. The molecule has 3 aliphatic rings. The fourth-order valence-electron chi connectivity index (χ4n) is 5.62. The normalized spacial score (nSPS) is 27.6. The van der Waals surface area contributed by atoms with Gasteiger partial charge in [0.05, 0.1) is 25.3 Å². The third-order valence-electron chi connectivity index (χ3n) is 7.44. The molecular formula is C24H38N4O4S. The molecule has 2 saturated heterocycles. The first kappa shape index (κ1) is 24.4. The van der Waals surface area contributed by atoms with Gasteiger partial charge in [-0.2, -0.15) is 4.31 Å². The van der Waals surface area contributed by atoms with Gasteiger partial charge < -0.3 is 14.5 Å². The minimum atomic E-state index is -3.90. The van der Waals surface area contributed by atoms with Gasteiger partial charge in [-0.05, 0) is 58.6 Å². The summed E-state index contributed by atoms with van der Waals surface area (Å²) in [5.41, 5.74) is 0.765. The molecule has 2 aliphatic heterocycles. The number of anilines is 1. The van der Waals surface area contributed by atoms with Crippen molar-refractivity contribution in [1.82, 2.24) is 14.2 Å². The summed E-state index contributed by atoms with van der Waals surface area (Å²) in [5.74, 6) is 0.398. The lowest BCUT2D eigenvalue weighted by Gasteiger charge is -2.41. The Balaban J connectivity index is 1.65. The zero-order valence-electron chi connectivity index (χ0n) is 20.4. The molecule has 1 amide bonds. The van der Waals surface area contributed by atoms with Crippen molar-refractivity contribution in [2.24, 2.45) is 0 Å². The van der Waals surface area contributed by atoms with E-state index in [-0.39, 0.29) is 28.9 Å². The molecular weight excluding hydrogens is 440 g/mol. The second-order valence-corrected chi connectivity index (χ2v) is 11.8. The first-order valence-electron chi connectivity index (χ1n) is 12.3. The Kier molecular flexibility index (Phi) is 7.31. The number of hydrogen-bond acceptors (Lipinski definition) is 6. The minimum Gasteiger partial charge on any atom is -0.377 e.